The third-order valence-corrected chi connectivity index (χ3v) is 2.86. The normalized spacial score (nSPS) is 10.8. The number of rotatable bonds is 4. The van der Waals surface area contributed by atoms with E-state index in [2.05, 4.69) is 21.6 Å². The van der Waals surface area contributed by atoms with E-state index in [-0.39, 0.29) is 5.91 Å². The predicted molar refractivity (Wildman–Crippen MR) is 76.1 cm³/mol. The molecule has 19 heavy (non-hydrogen) atoms. The van der Waals surface area contributed by atoms with Gasteiger partial charge in [-0.15, -0.1) is 0 Å². The fourth-order valence-corrected chi connectivity index (χ4v) is 1.85. The number of aryl methyl sites for hydroxylation is 2. The summed E-state index contributed by atoms with van der Waals surface area (Å²) >= 11 is 0. The van der Waals surface area contributed by atoms with Crippen molar-refractivity contribution in [2.75, 3.05) is 0 Å². The van der Waals surface area contributed by atoms with Crippen molar-refractivity contribution in [1.82, 2.24) is 10.4 Å². The topological polar surface area (TPSA) is 57.2 Å². The average molecular weight is 255 g/mol. The molecule has 0 spiro atoms. The second kappa shape index (κ2) is 6.00. The lowest BCUT2D eigenvalue weighted by atomic mass is 10.0. The first-order valence-electron chi connectivity index (χ1n) is 6.16. The minimum Gasteiger partial charge on any atom is -0.360 e. The standard InChI is InChI=1S/C15H17N3O/c1-11-5-6-13(12(2)8-11)9-15(19)18-17-10-14-4-3-7-16-14/h3-8,10,16H,9H2,1-2H3,(H,18,19)/b17-10+. The Hall–Kier alpha value is -2.36. The van der Waals surface area contributed by atoms with Gasteiger partial charge in [-0.2, -0.15) is 5.10 Å². The van der Waals surface area contributed by atoms with E-state index in [1.807, 2.05) is 38.1 Å². The maximum Gasteiger partial charge on any atom is 0.244 e. The number of H-pyrrole nitrogens is 1. The molecule has 2 aromatic rings. The SMILES string of the molecule is Cc1ccc(CC(=O)N/N=C/c2ccc[nH]2)c(C)c1. The first kappa shape index (κ1) is 13.1. The second-order valence-electron chi connectivity index (χ2n) is 4.53. The van der Waals surface area contributed by atoms with E-state index < -0.39 is 0 Å². The van der Waals surface area contributed by atoms with Crippen LogP contribution >= 0.6 is 0 Å². The highest BCUT2D eigenvalue weighted by atomic mass is 16.2. The van der Waals surface area contributed by atoms with Gasteiger partial charge in [0, 0.05) is 6.20 Å². The summed E-state index contributed by atoms with van der Waals surface area (Å²) in [5.41, 5.74) is 6.73. The molecule has 2 N–H and O–H groups in total. The highest BCUT2D eigenvalue weighted by Crippen LogP contribution is 2.10. The molecule has 1 heterocycles. The third-order valence-electron chi connectivity index (χ3n) is 2.86. The van der Waals surface area contributed by atoms with E-state index in [0.717, 1.165) is 16.8 Å². The molecule has 0 saturated carbocycles. The first-order chi connectivity index (χ1) is 9.15. The van der Waals surface area contributed by atoms with Crippen LogP contribution in [0.2, 0.25) is 0 Å². The lowest BCUT2D eigenvalue weighted by molar-refractivity contribution is -0.120. The summed E-state index contributed by atoms with van der Waals surface area (Å²) in [5.74, 6) is -0.116. The molecule has 0 aliphatic rings. The number of nitrogens with zero attached hydrogens (tertiary/aromatic N) is 1. The Kier molecular flexibility index (Phi) is 4.13. The largest absolute Gasteiger partial charge is 0.360 e. The van der Waals surface area contributed by atoms with Crippen molar-refractivity contribution in [3.63, 3.8) is 0 Å². The monoisotopic (exact) mass is 255 g/mol. The molecular weight excluding hydrogens is 238 g/mol. The molecule has 0 fully saturated rings. The molecule has 0 aliphatic heterocycles. The number of hydrazone groups is 1. The Morgan fingerprint density at radius 2 is 2.21 bits per heavy atom. The molecule has 4 heteroatoms. The van der Waals surface area contributed by atoms with Gasteiger partial charge in [0.25, 0.3) is 0 Å². The Balaban J connectivity index is 1.91. The number of amides is 1. The van der Waals surface area contributed by atoms with E-state index >= 15 is 0 Å². The highest BCUT2D eigenvalue weighted by Gasteiger charge is 2.04. The Bertz CT molecular complexity index is 585. The fraction of sp³-hybridized carbons (Fsp3) is 0.200. The Morgan fingerprint density at radius 3 is 2.89 bits per heavy atom. The maximum atomic E-state index is 11.7. The quantitative estimate of drug-likeness (QED) is 0.639. The van der Waals surface area contributed by atoms with Gasteiger partial charge in [-0.3, -0.25) is 4.79 Å². The lowest BCUT2D eigenvalue weighted by Crippen LogP contribution is -2.20. The zero-order valence-electron chi connectivity index (χ0n) is 11.1. The summed E-state index contributed by atoms with van der Waals surface area (Å²) in [6, 6.07) is 9.82. The van der Waals surface area contributed by atoms with Crippen molar-refractivity contribution in [2.45, 2.75) is 20.3 Å². The predicted octanol–water partition coefficient (Wildman–Crippen LogP) is 2.32. The number of aromatic nitrogens is 1. The summed E-state index contributed by atoms with van der Waals surface area (Å²) in [6.45, 7) is 4.05. The van der Waals surface area contributed by atoms with Gasteiger partial charge in [0.2, 0.25) is 5.91 Å². The number of aromatic amines is 1. The zero-order chi connectivity index (χ0) is 13.7. The number of benzene rings is 1. The van der Waals surface area contributed by atoms with E-state index in [9.17, 15) is 4.79 Å². The van der Waals surface area contributed by atoms with Crippen molar-refractivity contribution >= 4 is 12.1 Å². The smallest absolute Gasteiger partial charge is 0.244 e. The summed E-state index contributed by atoms with van der Waals surface area (Å²) in [6.07, 6.45) is 3.73. The van der Waals surface area contributed by atoms with E-state index in [1.54, 1.807) is 12.4 Å². The van der Waals surface area contributed by atoms with Gasteiger partial charge < -0.3 is 4.98 Å². The summed E-state index contributed by atoms with van der Waals surface area (Å²) in [7, 11) is 0. The van der Waals surface area contributed by atoms with Crippen LogP contribution < -0.4 is 5.43 Å². The number of nitrogens with one attached hydrogen (secondary N) is 2. The van der Waals surface area contributed by atoms with Crippen LogP contribution in [0.3, 0.4) is 0 Å². The fourth-order valence-electron chi connectivity index (χ4n) is 1.85. The Labute approximate surface area is 112 Å². The minimum absolute atomic E-state index is 0.116. The molecule has 0 bridgehead atoms. The number of hydrogen-bond donors (Lipinski definition) is 2. The van der Waals surface area contributed by atoms with Crippen molar-refractivity contribution in [2.24, 2.45) is 5.10 Å². The van der Waals surface area contributed by atoms with Gasteiger partial charge in [-0.05, 0) is 37.1 Å². The van der Waals surface area contributed by atoms with Crippen LogP contribution in [-0.2, 0) is 11.2 Å². The van der Waals surface area contributed by atoms with E-state index in [0.29, 0.717) is 6.42 Å². The molecule has 98 valence electrons. The second-order valence-corrected chi connectivity index (χ2v) is 4.53. The molecule has 1 amide bonds. The van der Waals surface area contributed by atoms with Crippen LogP contribution in [0.5, 0.6) is 0 Å². The lowest BCUT2D eigenvalue weighted by Gasteiger charge is -2.05. The first-order valence-corrected chi connectivity index (χ1v) is 6.16. The number of hydrogen-bond acceptors (Lipinski definition) is 2. The molecule has 1 aromatic carbocycles. The van der Waals surface area contributed by atoms with Crippen LogP contribution in [0.25, 0.3) is 0 Å². The van der Waals surface area contributed by atoms with Gasteiger partial charge in [0.15, 0.2) is 0 Å². The zero-order valence-corrected chi connectivity index (χ0v) is 11.1. The van der Waals surface area contributed by atoms with E-state index in [1.165, 1.54) is 5.56 Å². The van der Waals surface area contributed by atoms with Gasteiger partial charge in [-0.1, -0.05) is 23.8 Å². The van der Waals surface area contributed by atoms with Crippen molar-refractivity contribution in [3.8, 4) is 0 Å². The minimum atomic E-state index is -0.116. The molecular formula is C15H17N3O. The van der Waals surface area contributed by atoms with Crippen LogP contribution in [0, 0.1) is 13.8 Å². The van der Waals surface area contributed by atoms with Gasteiger partial charge in [-0.25, -0.2) is 5.43 Å². The molecule has 0 unspecified atom stereocenters. The van der Waals surface area contributed by atoms with Crippen molar-refractivity contribution in [1.29, 1.82) is 0 Å². The summed E-state index contributed by atoms with van der Waals surface area (Å²) in [4.78, 5) is 14.7. The van der Waals surface area contributed by atoms with Crippen LogP contribution in [0.1, 0.15) is 22.4 Å². The van der Waals surface area contributed by atoms with Crippen molar-refractivity contribution < 1.29 is 4.79 Å². The van der Waals surface area contributed by atoms with E-state index in [4.69, 9.17) is 0 Å². The molecule has 2 rings (SSSR count). The van der Waals surface area contributed by atoms with Gasteiger partial charge >= 0.3 is 0 Å². The Morgan fingerprint density at radius 1 is 1.37 bits per heavy atom. The average Bonchev–Trinajstić information content (AvgIpc) is 2.86. The number of carbonyl (C=O) groups excluding carboxylic acids is 1. The molecule has 0 aliphatic carbocycles. The summed E-state index contributed by atoms with van der Waals surface area (Å²) < 4.78 is 0. The maximum absolute atomic E-state index is 11.7. The van der Waals surface area contributed by atoms with Gasteiger partial charge in [0.05, 0.1) is 18.3 Å². The van der Waals surface area contributed by atoms with Gasteiger partial charge in [0.1, 0.15) is 0 Å². The van der Waals surface area contributed by atoms with Crippen LogP contribution in [0.4, 0.5) is 0 Å². The molecule has 0 saturated heterocycles. The molecule has 0 radical (unpaired) electrons. The highest BCUT2D eigenvalue weighted by molar-refractivity contribution is 5.82. The third kappa shape index (κ3) is 3.81. The molecule has 4 nitrogen and oxygen atoms in total. The van der Waals surface area contributed by atoms with Crippen LogP contribution in [0.15, 0.2) is 41.6 Å². The number of carbonyl (C=O) groups is 1. The van der Waals surface area contributed by atoms with Crippen LogP contribution in [-0.4, -0.2) is 17.1 Å². The molecule has 1 aromatic heterocycles. The molecule has 0 atom stereocenters. The van der Waals surface area contributed by atoms with Crippen molar-refractivity contribution in [3.05, 3.63) is 58.9 Å². The summed E-state index contributed by atoms with van der Waals surface area (Å²) in [5, 5.41) is 3.90.